The highest BCUT2D eigenvalue weighted by Gasteiger charge is 2.19. The van der Waals surface area contributed by atoms with Crippen LogP contribution in [0, 0.1) is 0 Å². The Morgan fingerprint density at radius 3 is 2.55 bits per heavy atom. The molecule has 0 saturated heterocycles. The Bertz CT molecular complexity index is 1290. The van der Waals surface area contributed by atoms with Gasteiger partial charge in [0.25, 0.3) is 0 Å². The van der Waals surface area contributed by atoms with Crippen LogP contribution in [0.5, 0.6) is 0 Å². The summed E-state index contributed by atoms with van der Waals surface area (Å²) in [6, 6.07) is 13.9. The van der Waals surface area contributed by atoms with Crippen molar-refractivity contribution in [2.45, 2.75) is 5.03 Å². The molecule has 0 spiro atoms. The zero-order chi connectivity index (χ0) is 22.0. The van der Waals surface area contributed by atoms with Crippen LogP contribution in [-0.4, -0.2) is 32.0 Å². The zero-order valence-electron chi connectivity index (χ0n) is 16.3. The molecule has 0 fully saturated rings. The van der Waals surface area contributed by atoms with Gasteiger partial charge in [-0.2, -0.15) is 0 Å². The van der Waals surface area contributed by atoms with E-state index >= 15 is 0 Å². The average Bonchev–Trinajstić information content (AvgIpc) is 3.16. The van der Waals surface area contributed by atoms with Gasteiger partial charge in [-0.05, 0) is 30.3 Å². The molecule has 2 aromatic heterocycles. The van der Waals surface area contributed by atoms with Crippen molar-refractivity contribution in [3.8, 4) is 0 Å². The molecule has 0 radical (unpaired) electrons. The first-order valence-electron chi connectivity index (χ1n) is 9.21. The van der Waals surface area contributed by atoms with Crippen LogP contribution < -0.4 is 5.32 Å². The Hall–Kier alpha value is -2.87. The van der Waals surface area contributed by atoms with Crippen molar-refractivity contribution in [1.82, 2.24) is 14.5 Å². The van der Waals surface area contributed by atoms with Gasteiger partial charge in [0.2, 0.25) is 11.7 Å². The second-order valence-electron chi connectivity index (χ2n) is 6.71. The lowest BCUT2D eigenvalue weighted by molar-refractivity contribution is -0.113. The Morgan fingerprint density at radius 2 is 1.84 bits per heavy atom. The van der Waals surface area contributed by atoms with E-state index in [0.29, 0.717) is 37.7 Å². The fourth-order valence-electron chi connectivity index (χ4n) is 3.08. The van der Waals surface area contributed by atoms with E-state index in [1.807, 2.05) is 24.3 Å². The van der Waals surface area contributed by atoms with E-state index in [2.05, 4.69) is 15.3 Å². The number of rotatable bonds is 6. The number of imidazole rings is 1. The second-order valence-corrected chi connectivity index (χ2v) is 8.58. The number of benzene rings is 2. The summed E-state index contributed by atoms with van der Waals surface area (Å²) in [5.41, 5.74) is 1.68. The van der Waals surface area contributed by atoms with Crippen molar-refractivity contribution >= 4 is 63.2 Å². The minimum atomic E-state index is -0.240. The van der Waals surface area contributed by atoms with Crippen molar-refractivity contribution in [3.05, 3.63) is 82.4 Å². The number of fused-ring (bicyclic) bond motifs is 1. The first kappa shape index (κ1) is 21.4. The van der Waals surface area contributed by atoms with Gasteiger partial charge in [-0.3, -0.25) is 9.59 Å². The number of nitrogens with one attached hydrogen (secondary N) is 1. The number of pyridine rings is 1. The van der Waals surface area contributed by atoms with E-state index < -0.39 is 0 Å². The molecule has 1 N–H and O–H groups in total. The molecule has 1 amide bonds. The molecule has 0 saturated carbocycles. The quantitative estimate of drug-likeness (QED) is 0.308. The predicted octanol–water partition coefficient (Wildman–Crippen LogP) is 5.24. The maximum atomic E-state index is 13.1. The summed E-state index contributed by atoms with van der Waals surface area (Å²) in [5, 5.41) is 4.93. The number of aryl methyl sites for hydroxylation is 1. The molecule has 0 atom stereocenters. The summed E-state index contributed by atoms with van der Waals surface area (Å²) in [7, 11) is 1.77. The number of para-hydroxylation sites is 1. The Kier molecular flexibility index (Phi) is 6.27. The van der Waals surface area contributed by atoms with Gasteiger partial charge in [-0.25, -0.2) is 9.97 Å². The van der Waals surface area contributed by atoms with Gasteiger partial charge in [-0.15, -0.1) is 0 Å². The highest BCUT2D eigenvalue weighted by Crippen LogP contribution is 2.27. The molecule has 9 heteroatoms. The molecule has 2 aromatic carbocycles. The molecular formula is C22H16Cl2N4O2S. The summed E-state index contributed by atoms with van der Waals surface area (Å²) in [6.45, 7) is 0. The largest absolute Gasteiger partial charge is 0.331 e. The van der Waals surface area contributed by atoms with Crippen LogP contribution in [0.3, 0.4) is 0 Å². The van der Waals surface area contributed by atoms with Crippen LogP contribution in [0.15, 0.2) is 66.0 Å². The normalized spacial score (nSPS) is 10.9. The lowest BCUT2D eigenvalue weighted by Gasteiger charge is -2.10. The van der Waals surface area contributed by atoms with Crippen LogP contribution in [0.2, 0.25) is 10.0 Å². The maximum Gasteiger partial charge on any atom is 0.234 e. The number of hydrogen-bond donors (Lipinski definition) is 1. The first-order chi connectivity index (χ1) is 14.9. The highest BCUT2D eigenvalue weighted by atomic mass is 35.5. The number of amides is 1. The van der Waals surface area contributed by atoms with E-state index in [1.54, 1.807) is 48.3 Å². The van der Waals surface area contributed by atoms with E-state index in [4.69, 9.17) is 23.2 Å². The monoisotopic (exact) mass is 470 g/mol. The fraction of sp³-hybridized carbons (Fsp3) is 0.0909. The summed E-state index contributed by atoms with van der Waals surface area (Å²) < 4.78 is 1.67. The molecule has 4 rings (SSSR count). The van der Waals surface area contributed by atoms with Crippen molar-refractivity contribution in [2.75, 3.05) is 11.1 Å². The number of thioether (sulfide) groups is 1. The number of nitrogens with zero attached hydrogens (tertiary/aromatic N) is 3. The van der Waals surface area contributed by atoms with E-state index in [0.717, 1.165) is 5.39 Å². The molecule has 156 valence electrons. The Balaban J connectivity index is 1.57. The van der Waals surface area contributed by atoms with Crippen molar-refractivity contribution < 1.29 is 9.59 Å². The Labute approximate surface area is 192 Å². The van der Waals surface area contributed by atoms with Crippen LogP contribution in [0.25, 0.3) is 10.9 Å². The summed E-state index contributed by atoms with van der Waals surface area (Å²) in [5.74, 6) is -0.00461. The molecule has 0 aliphatic heterocycles. The minimum absolute atomic E-state index is 0.103. The lowest BCUT2D eigenvalue weighted by atomic mass is 10.1. The summed E-state index contributed by atoms with van der Waals surface area (Å²) in [4.78, 5) is 34.3. The van der Waals surface area contributed by atoms with Crippen molar-refractivity contribution in [3.63, 3.8) is 0 Å². The van der Waals surface area contributed by atoms with E-state index in [-0.39, 0.29) is 17.4 Å². The minimum Gasteiger partial charge on any atom is -0.331 e. The molecule has 0 unspecified atom stereocenters. The third-order valence-electron chi connectivity index (χ3n) is 4.46. The van der Waals surface area contributed by atoms with Gasteiger partial charge in [0, 0.05) is 46.1 Å². The molecule has 0 bridgehead atoms. The van der Waals surface area contributed by atoms with Crippen LogP contribution >= 0.6 is 35.0 Å². The molecule has 0 aliphatic rings. The van der Waals surface area contributed by atoms with Gasteiger partial charge in [-0.1, -0.05) is 53.2 Å². The number of anilines is 1. The molecule has 0 aliphatic carbocycles. The van der Waals surface area contributed by atoms with E-state index in [9.17, 15) is 9.59 Å². The van der Waals surface area contributed by atoms with Crippen LogP contribution in [0.4, 0.5) is 5.69 Å². The molecule has 6 nitrogen and oxygen atoms in total. The third-order valence-corrected chi connectivity index (χ3v) is 5.81. The second kappa shape index (κ2) is 9.09. The number of carbonyl (C=O) groups is 2. The SMILES string of the molecule is Cn1ccnc1C(=O)c1cc(SCC(=O)Nc2cc(Cl)cc(Cl)c2)nc2ccccc12. The van der Waals surface area contributed by atoms with E-state index in [1.165, 1.54) is 11.8 Å². The Morgan fingerprint density at radius 1 is 1.10 bits per heavy atom. The van der Waals surface area contributed by atoms with Gasteiger partial charge in [0.15, 0.2) is 5.82 Å². The van der Waals surface area contributed by atoms with Gasteiger partial charge in [0.05, 0.1) is 16.3 Å². The van der Waals surface area contributed by atoms with Gasteiger partial charge < -0.3 is 9.88 Å². The predicted molar refractivity (Wildman–Crippen MR) is 124 cm³/mol. The van der Waals surface area contributed by atoms with Crippen molar-refractivity contribution in [1.29, 1.82) is 0 Å². The van der Waals surface area contributed by atoms with Crippen molar-refractivity contribution in [2.24, 2.45) is 7.05 Å². The molecule has 31 heavy (non-hydrogen) atoms. The summed E-state index contributed by atoms with van der Waals surface area (Å²) >= 11 is 13.2. The fourth-order valence-corrected chi connectivity index (χ4v) is 4.32. The van der Waals surface area contributed by atoms with Crippen LogP contribution in [-0.2, 0) is 11.8 Å². The highest BCUT2D eigenvalue weighted by molar-refractivity contribution is 7.99. The lowest BCUT2D eigenvalue weighted by Crippen LogP contribution is -2.14. The standard InChI is InChI=1S/C22H16Cl2N4O2S/c1-28-7-6-25-22(28)21(30)17-11-20(27-18-5-3-2-4-16(17)18)31-12-19(29)26-15-9-13(23)8-14(24)10-15/h2-11H,12H2,1H3,(H,26,29). The average molecular weight is 471 g/mol. The smallest absolute Gasteiger partial charge is 0.234 e. The number of aromatic nitrogens is 3. The van der Waals surface area contributed by atoms with Gasteiger partial charge >= 0.3 is 0 Å². The number of halogens is 2. The number of ketones is 1. The number of carbonyl (C=O) groups excluding carboxylic acids is 2. The maximum absolute atomic E-state index is 13.1. The molecule has 2 heterocycles. The number of hydrogen-bond acceptors (Lipinski definition) is 5. The van der Waals surface area contributed by atoms with Gasteiger partial charge in [0.1, 0.15) is 0 Å². The third kappa shape index (κ3) is 4.90. The topological polar surface area (TPSA) is 76.9 Å². The molecular weight excluding hydrogens is 455 g/mol. The van der Waals surface area contributed by atoms with Crippen LogP contribution in [0.1, 0.15) is 16.2 Å². The first-order valence-corrected chi connectivity index (χ1v) is 11.0. The summed E-state index contributed by atoms with van der Waals surface area (Å²) in [6.07, 6.45) is 3.30. The molecule has 4 aromatic rings. The zero-order valence-corrected chi connectivity index (χ0v) is 18.6.